The lowest BCUT2D eigenvalue weighted by Crippen LogP contribution is -2.34. The van der Waals surface area contributed by atoms with Gasteiger partial charge in [0.25, 0.3) is 0 Å². The average Bonchev–Trinajstić information content (AvgIpc) is 3.31. The predicted octanol–water partition coefficient (Wildman–Crippen LogP) is 6.56. The van der Waals surface area contributed by atoms with Gasteiger partial charge in [-0.1, -0.05) is 54.1 Å². The minimum atomic E-state index is 0.355. The number of rotatable bonds is 6. The smallest absolute Gasteiger partial charge is 0.116 e. The Labute approximate surface area is 199 Å². The number of hydrogen-bond acceptors (Lipinski definition) is 4. The van der Waals surface area contributed by atoms with Crippen molar-refractivity contribution >= 4 is 11.6 Å². The van der Waals surface area contributed by atoms with Crippen LogP contribution in [0, 0.1) is 0 Å². The van der Waals surface area contributed by atoms with Gasteiger partial charge in [0.1, 0.15) is 12.0 Å². The Bertz CT molecular complexity index is 1170. The van der Waals surface area contributed by atoms with Crippen molar-refractivity contribution in [2.45, 2.75) is 50.6 Å². The molecule has 2 N–H and O–H groups in total. The predicted molar refractivity (Wildman–Crippen MR) is 133 cm³/mol. The van der Waals surface area contributed by atoms with Gasteiger partial charge in [-0.2, -0.15) is 5.10 Å². The van der Waals surface area contributed by atoms with E-state index < -0.39 is 0 Å². The van der Waals surface area contributed by atoms with Crippen LogP contribution < -0.4 is 5.32 Å². The number of halogens is 1. The van der Waals surface area contributed by atoms with Gasteiger partial charge in [0.05, 0.1) is 5.69 Å². The van der Waals surface area contributed by atoms with E-state index in [2.05, 4.69) is 57.6 Å². The van der Waals surface area contributed by atoms with Crippen molar-refractivity contribution in [2.24, 2.45) is 0 Å². The third-order valence-corrected chi connectivity index (χ3v) is 6.92. The van der Waals surface area contributed by atoms with Crippen molar-refractivity contribution in [2.75, 3.05) is 0 Å². The quantitative estimate of drug-likeness (QED) is 0.344. The molecule has 2 aromatic heterocycles. The highest BCUT2D eigenvalue weighted by Gasteiger charge is 2.29. The summed E-state index contributed by atoms with van der Waals surface area (Å²) in [5.74, 6) is 0.425. The molecule has 0 amide bonds. The summed E-state index contributed by atoms with van der Waals surface area (Å²) in [5.41, 5.74) is 6.44. The Morgan fingerprint density at radius 1 is 0.970 bits per heavy atom. The summed E-state index contributed by atoms with van der Waals surface area (Å²) >= 11 is 6.12. The molecule has 6 heteroatoms. The summed E-state index contributed by atoms with van der Waals surface area (Å²) in [7, 11) is 0. The number of hydrogen-bond donors (Lipinski definition) is 2. The Balaban J connectivity index is 1.36. The number of benzene rings is 2. The van der Waals surface area contributed by atoms with Crippen LogP contribution in [0.2, 0.25) is 5.02 Å². The van der Waals surface area contributed by atoms with Gasteiger partial charge in [-0.05, 0) is 56.4 Å². The van der Waals surface area contributed by atoms with E-state index >= 15 is 0 Å². The van der Waals surface area contributed by atoms with E-state index in [-0.39, 0.29) is 0 Å². The first kappa shape index (κ1) is 21.8. The number of aromatic nitrogens is 4. The van der Waals surface area contributed by atoms with Crippen molar-refractivity contribution in [1.29, 1.82) is 0 Å². The minimum absolute atomic E-state index is 0.355. The van der Waals surface area contributed by atoms with E-state index in [1.165, 1.54) is 11.3 Å². The molecule has 1 fully saturated rings. The largest absolute Gasteiger partial charge is 0.307 e. The maximum Gasteiger partial charge on any atom is 0.116 e. The molecular weight excluding hydrogens is 430 g/mol. The van der Waals surface area contributed by atoms with Gasteiger partial charge in [-0.15, -0.1) is 0 Å². The van der Waals surface area contributed by atoms with Crippen LogP contribution >= 0.6 is 11.6 Å². The molecule has 2 aromatic carbocycles. The van der Waals surface area contributed by atoms with E-state index in [1.807, 2.05) is 30.3 Å². The van der Waals surface area contributed by atoms with Gasteiger partial charge in [0.15, 0.2) is 0 Å². The Kier molecular flexibility index (Phi) is 6.51. The topological polar surface area (TPSA) is 66.5 Å². The first-order valence-corrected chi connectivity index (χ1v) is 12.0. The molecule has 0 unspecified atom stereocenters. The van der Waals surface area contributed by atoms with Crippen molar-refractivity contribution in [3.8, 4) is 22.5 Å². The molecule has 4 aromatic rings. The molecule has 5 rings (SSSR count). The summed E-state index contributed by atoms with van der Waals surface area (Å²) in [5, 5.41) is 12.7. The van der Waals surface area contributed by atoms with E-state index in [1.54, 1.807) is 12.5 Å². The van der Waals surface area contributed by atoms with Crippen molar-refractivity contribution in [3.63, 3.8) is 0 Å². The van der Waals surface area contributed by atoms with Crippen molar-refractivity contribution < 1.29 is 0 Å². The highest BCUT2D eigenvalue weighted by molar-refractivity contribution is 6.30. The van der Waals surface area contributed by atoms with E-state index in [0.717, 1.165) is 48.2 Å². The van der Waals surface area contributed by atoms with Gasteiger partial charge in [-0.25, -0.2) is 9.97 Å². The molecule has 0 radical (unpaired) electrons. The summed E-state index contributed by atoms with van der Waals surface area (Å²) in [6.07, 6.45) is 7.89. The van der Waals surface area contributed by atoms with Crippen LogP contribution in [0.3, 0.4) is 0 Å². The zero-order valence-electron chi connectivity index (χ0n) is 18.7. The van der Waals surface area contributed by atoms with Crippen LogP contribution in [-0.2, 0) is 0 Å². The molecule has 33 heavy (non-hydrogen) atoms. The van der Waals surface area contributed by atoms with E-state index in [9.17, 15) is 0 Å². The second-order valence-electron chi connectivity index (χ2n) is 8.81. The summed E-state index contributed by atoms with van der Waals surface area (Å²) in [4.78, 5) is 8.67. The fourth-order valence-electron chi connectivity index (χ4n) is 4.91. The zero-order chi connectivity index (χ0) is 22.6. The van der Waals surface area contributed by atoms with Crippen LogP contribution in [0.25, 0.3) is 22.5 Å². The molecule has 0 saturated heterocycles. The lowest BCUT2D eigenvalue weighted by Gasteiger charge is -2.31. The van der Waals surface area contributed by atoms with Crippen LogP contribution in [0.5, 0.6) is 0 Å². The van der Waals surface area contributed by atoms with Gasteiger partial charge < -0.3 is 5.32 Å². The first-order valence-electron chi connectivity index (χ1n) is 11.6. The Morgan fingerprint density at radius 3 is 2.42 bits per heavy atom. The molecule has 0 bridgehead atoms. The summed E-state index contributed by atoms with van der Waals surface area (Å²) < 4.78 is 0. The maximum atomic E-state index is 6.12. The first-order chi connectivity index (χ1) is 16.2. The molecule has 1 saturated carbocycles. The molecule has 5 nitrogen and oxygen atoms in total. The number of aromatic amines is 1. The normalized spacial score (nSPS) is 19.3. The molecule has 0 aliphatic heterocycles. The standard InChI is InChI=1S/C27H28ClN5/c1-18(19-5-3-2-4-6-19)31-23-13-9-21(10-14-23)27-25(24-15-16-29-17-30-24)26(32-33-27)20-7-11-22(28)12-8-20/h2-8,11-12,15-18,21,23,31H,9-10,13-14H2,1H3,(H,32,33)/t18-,21?,23?/m1/s1. The molecule has 168 valence electrons. The second-order valence-corrected chi connectivity index (χ2v) is 9.25. The lowest BCUT2D eigenvalue weighted by atomic mass is 9.81. The van der Waals surface area contributed by atoms with Crippen LogP contribution in [0.4, 0.5) is 0 Å². The number of nitrogens with one attached hydrogen (secondary N) is 2. The fourth-order valence-corrected chi connectivity index (χ4v) is 5.03. The Morgan fingerprint density at radius 2 is 1.73 bits per heavy atom. The minimum Gasteiger partial charge on any atom is -0.307 e. The molecule has 1 aliphatic carbocycles. The Hall–Kier alpha value is -3.02. The second kappa shape index (κ2) is 9.86. The number of nitrogens with zero attached hydrogens (tertiary/aromatic N) is 3. The molecule has 1 atom stereocenters. The van der Waals surface area contributed by atoms with Crippen LogP contribution in [0.15, 0.2) is 73.2 Å². The maximum absolute atomic E-state index is 6.12. The van der Waals surface area contributed by atoms with Crippen LogP contribution in [0.1, 0.15) is 55.8 Å². The SMILES string of the molecule is C[C@@H](NC1CCC(c2[nH]nc(-c3ccc(Cl)cc3)c2-c2ccncn2)CC1)c1ccccc1. The van der Waals surface area contributed by atoms with Gasteiger partial charge in [0, 0.05) is 46.0 Å². The highest BCUT2D eigenvalue weighted by Crippen LogP contribution is 2.41. The van der Waals surface area contributed by atoms with Gasteiger partial charge in [0.2, 0.25) is 0 Å². The highest BCUT2D eigenvalue weighted by atomic mass is 35.5. The molecule has 0 spiro atoms. The van der Waals surface area contributed by atoms with Gasteiger partial charge >= 0.3 is 0 Å². The third-order valence-electron chi connectivity index (χ3n) is 6.67. The summed E-state index contributed by atoms with van der Waals surface area (Å²) in [6.45, 7) is 2.25. The number of H-pyrrole nitrogens is 1. The van der Waals surface area contributed by atoms with Gasteiger partial charge in [-0.3, -0.25) is 5.10 Å². The zero-order valence-corrected chi connectivity index (χ0v) is 19.5. The average molecular weight is 458 g/mol. The molecule has 2 heterocycles. The molecule has 1 aliphatic rings. The lowest BCUT2D eigenvalue weighted by molar-refractivity contribution is 0.319. The monoisotopic (exact) mass is 457 g/mol. The fraction of sp³-hybridized carbons (Fsp3) is 0.296. The van der Waals surface area contributed by atoms with E-state index in [4.69, 9.17) is 16.7 Å². The van der Waals surface area contributed by atoms with Crippen molar-refractivity contribution in [1.82, 2.24) is 25.5 Å². The van der Waals surface area contributed by atoms with E-state index in [0.29, 0.717) is 23.0 Å². The summed E-state index contributed by atoms with van der Waals surface area (Å²) in [6, 6.07) is 21.3. The molecular formula is C27H28ClN5. The van der Waals surface area contributed by atoms with Crippen LogP contribution in [-0.4, -0.2) is 26.2 Å². The van der Waals surface area contributed by atoms with Crippen molar-refractivity contribution in [3.05, 3.63) is 89.5 Å². The third kappa shape index (κ3) is 4.85.